The van der Waals surface area contributed by atoms with E-state index in [1.54, 1.807) is 18.2 Å². The second-order valence-corrected chi connectivity index (χ2v) is 6.45. The molecule has 0 unspecified atom stereocenters. The quantitative estimate of drug-likeness (QED) is 0.694. The highest BCUT2D eigenvalue weighted by atomic mass is 32.2. The van der Waals surface area contributed by atoms with E-state index >= 15 is 0 Å². The van der Waals surface area contributed by atoms with Gasteiger partial charge in [-0.05, 0) is 48.7 Å². The van der Waals surface area contributed by atoms with E-state index in [0.29, 0.717) is 5.69 Å². The average molecular weight is 386 g/mol. The van der Waals surface area contributed by atoms with Crippen LogP contribution in [0.2, 0.25) is 0 Å². The molecule has 0 spiro atoms. The Balaban J connectivity index is 2.04. The Morgan fingerprint density at radius 2 is 1.85 bits per heavy atom. The summed E-state index contributed by atoms with van der Waals surface area (Å²) in [7, 11) is 1.25. The number of anilines is 1. The van der Waals surface area contributed by atoms with Crippen LogP contribution >= 0.6 is 11.8 Å². The predicted octanol–water partition coefficient (Wildman–Crippen LogP) is 2.04. The number of halogens is 1. The van der Waals surface area contributed by atoms with Crippen LogP contribution in [-0.2, 0) is 7.05 Å². The summed E-state index contributed by atoms with van der Waals surface area (Å²) in [6, 6.07) is 12.1. The van der Waals surface area contributed by atoms with Crippen LogP contribution in [-0.4, -0.2) is 26.5 Å². The normalized spacial score (nSPS) is 10.6. The second-order valence-electron chi connectivity index (χ2n) is 5.57. The van der Waals surface area contributed by atoms with Gasteiger partial charge in [0.05, 0.1) is 5.69 Å². The van der Waals surface area contributed by atoms with Crippen LogP contribution in [0.4, 0.5) is 10.1 Å². The number of carbonyl (C=O) groups is 1. The maximum atomic E-state index is 13.1. The molecule has 2 aromatic carbocycles. The van der Waals surface area contributed by atoms with Gasteiger partial charge < -0.3 is 5.32 Å². The Labute approximate surface area is 157 Å². The molecule has 1 aromatic heterocycles. The molecule has 0 radical (unpaired) electrons. The lowest BCUT2D eigenvalue weighted by Crippen LogP contribution is -2.43. The molecule has 0 bridgehead atoms. The fourth-order valence-corrected chi connectivity index (χ4v) is 2.82. The van der Waals surface area contributed by atoms with Crippen LogP contribution in [0.1, 0.15) is 10.5 Å². The Morgan fingerprint density at radius 1 is 1.15 bits per heavy atom. The summed E-state index contributed by atoms with van der Waals surface area (Å²) in [6.07, 6.45) is 1.90. The molecule has 0 atom stereocenters. The number of aromatic nitrogens is 3. The van der Waals surface area contributed by atoms with Crippen molar-refractivity contribution < 1.29 is 9.18 Å². The maximum absolute atomic E-state index is 13.1. The smallest absolute Gasteiger partial charge is 0.320 e. The van der Waals surface area contributed by atoms with Crippen LogP contribution in [0, 0.1) is 5.82 Å². The van der Waals surface area contributed by atoms with E-state index in [0.717, 1.165) is 26.3 Å². The zero-order valence-electron chi connectivity index (χ0n) is 14.5. The van der Waals surface area contributed by atoms with Crippen molar-refractivity contribution in [1.29, 1.82) is 0 Å². The van der Waals surface area contributed by atoms with Crippen molar-refractivity contribution in [1.82, 2.24) is 14.3 Å². The molecule has 3 aromatic rings. The van der Waals surface area contributed by atoms with E-state index in [4.69, 9.17) is 0 Å². The van der Waals surface area contributed by atoms with Crippen molar-refractivity contribution in [3.05, 3.63) is 80.9 Å². The molecule has 9 heteroatoms. The fraction of sp³-hybridized carbons (Fsp3) is 0.111. The minimum Gasteiger partial charge on any atom is -0.320 e. The Kier molecular flexibility index (Phi) is 5.22. The highest BCUT2D eigenvalue weighted by molar-refractivity contribution is 7.98. The minimum atomic E-state index is -0.822. The van der Waals surface area contributed by atoms with Gasteiger partial charge in [0.15, 0.2) is 0 Å². The SMILES string of the molecule is CSc1cccc(NC(=O)c2nn(-c3ccc(F)cc3)c(=O)n(C)c2=O)c1. The third kappa shape index (κ3) is 3.82. The molecular weight excluding hydrogens is 371 g/mol. The zero-order chi connectivity index (χ0) is 19.6. The summed E-state index contributed by atoms with van der Waals surface area (Å²) >= 11 is 1.51. The Bertz CT molecular complexity index is 1120. The van der Waals surface area contributed by atoms with Gasteiger partial charge in [-0.1, -0.05) is 6.07 Å². The zero-order valence-corrected chi connectivity index (χ0v) is 15.3. The monoisotopic (exact) mass is 386 g/mol. The van der Waals surface area contributed by atoms with Gasteiger partial charge in [0.25, 0.3) is 11.5 Å². The van der Waals surface area contributed by atoms with E-state index in [1.807, 2.05) is 12.3 Å². The first-order chi connectivity index (χ1) is 12.9. The molecule has 0 aliphatic rings. The van der Waals surface area contributed by atoms with E-state index in [1.165, 1.54) is 30.9 Å². The van der Waals surface area contributed by atoms with Gasteiger partial charge in [-0.15, -0.1) is 11.8 Å². The van der Waals surface area contributed by atoms with Crippen molar-refractivity contribution in [3.63, 3.8) is 0 Å². The first-order valence-electron chi connectivity index (χ1n) is 7.82. The van der Waals surface area contributed by atoms with Crippen molar-refractivity contribution in [2.24, 2.45) is 7.05 Å². The Morgan fingerprint density at radius 3 is 2.52 bits per heavy atom. The van der Waals surface area contributed by atoms with Gasteiger partial charge >= 0.3 is 5.69 Å². The molecule has 0 saturated heterocycles. The van der Waals surface area contributed by atoms with Crippen LogP contribution in [0.25, 0.3) is 5.69 Å². The minimum absolute atomic E-state index is 0.232. The number of carbonyl (C=O) groups excluding carboxylic acids is 1. The lowest BCUT2D eigenvalue weighted by atomic mass is 10.3. The largest absolute Gasteiger partial charge is 0.351 e. The average Bonchev–Trinajstić information content (AvgIpc) is 2.67. The fourth-order valence-electron chi connectivity index (χ4n) is 2.36. The topological polar surface area (TPSA) is 86.0 Å². The van der Waals surface area contributed by atoms with Crippen LogP contribution in [0.5, 0.6) is 0 Å². The van der Waals surface area contributed by atoms with E-state index in [-0.39, 0.29) is 5.69 Å². The summed E-state index contributed by atoms with van der Waals surface area (Å²) in [6.45, 7) is 0. The lowest BCUT2D eigenvalue weighted by Gasteiger charge is -2.10. The molecule has 7 nitrogen and oxygen atoms in total. The molecule has 1 amide bonds. The lowest BCUT2D eigenvalue weighted by molar-refractivity contribution is 0.101. The standard InChI is InChI=1S/C18H15FN4O3S/c1-22-17(25)15(16(24)20-12-4-3-5-14(10-12)27-2)21-23(18(22)26)13-8-6-11(19)7-9-13/h3-10H,1-2H3,(H,20,24). The summed E-state index contributed by atoms with van der Waals surface area (Å²) in [5, 5.41) is 6.51. The molecule has 0 saturated carbocycles. The molecule has 1 N–H and O–H groups in total. The molecule has 0 fully saturated rings. The number of nitrogens with one attached hydrogen (secondary N) is 1. The number of nitrogens with zero attached hydrogens (tertiary/aromatic N) is 3. The number of hydrogen-bond acceptors (Lipinski definition) is 5. The van der Waals surface area contributed by atoms with Crippen LogP contribution in [0.15, 0.2) is 63.0 Å². The van der Waals surface area contributed by atoms with Gasteiger partial charge in [-0.25, -0.2) is 9.18 Å². The first-order valence-corrected chi connectivity index (χ1v) is 9.05. The predicted molar refractivity (Wildman–Crippen MR) is 101 cm³/mol. The molecule has 27 heavy (non-hydrogen) atoms. The number of hydrogen-bond donors (Lipinski definition) is 1. The van der Waals surface area contributed by atoms with Gasteiger partial charge in [0.1, 0.15) is 5.82 Å². The molecular formula is C18H15FN4O3S. The van der Waals surface area contributed by atoms with Gasteiger partial charge in [0, 0.05) is 17.6 Å². The Hall–Kier alpha value is -3.20. The van der Waals surface area contributed by atoms with Crippen LogP contribution < -0.4 is 16.6 Å². The van der Waals surface area contributed by atoms with Gasteiger partial charge in [0.2, 0.25) is 5.69 Å². The summed E-state index contributed by atoms with van der Waals surface area (Å²) in [4.78, 5) is 38.2. The van der Waals surface area contributed by atoms with Gasteiger partial charge in [-0.3, -0.25) is 14.2 Å². The van der Waals surface area contributed by atoms with Crippen molar-refractivity contribution in [3.8, 4) is 5.69 Å². The number of benzene rings is 2. The molecule has 1 heterocycles. The second kappa shape index (κ2) is 7.58. The maximum Gasteiger partial charge on any atom is 0.351 e. The summed E-state index contributed by atoms with van der Waals surface area (Å²) in [5.74, 6) is -1.23. The van der Waals surface area contributed by atoms with Crippen LogP contribution in [0.3, 0.4) is 0 Å². The van der Waals surface area contributed by atoms with E-state index in [9.17, 15) is 18.8 Å². The molecule has 0 aliphatic carbocycles. The summed E-state index contributed by atoms with van der Waals surface area (Å²) in [5.41, 5.74) is -1.29. The highest BCUT2D eigenvalue weighted by Gasteiger charge is 2.19. The molecule has 138 valence electrons. The first kappa shape index (κ1) is 18.6. The third-order valence-electron chi connectivity index (χ3n) is 3.79. The summed E-state index contributed by atoms with van der Waals surface area (Å²) < 4.78 is 14.8. The number of thioether (sulfide) groups is 1. The van der Waals surface area contributed by atoms with Crippen molar-refractivity contribution >= 4 is 23.4 Å². The van der Waals surface area contributed by atoms with Gasteiger partial charge in [-0.2, -0.15) is 9.78 Å². The van der Waals surface area contributed by atoms with E-state index in [2.05, 4.69) is 10.4 Å². The molecule has 3 rings (SSSR count). The number of amides is 1. The van der Waals surface area contributed by atoms with Crippen molar-refractivity contribution in [2.45, 2.75) is 4.90 Å². The highest BCUT2D eigenvalue weighted by Crippen LogP contribution is 2.19. The third-order valence-corrected chi connectivity index (χ3v) is 4.51. The van der Waals surface area contributed by atoms with Crippen molar-refractivity contribution in [2.75, 3.05) is 11.6 Å². The number of rotatable bonds is 4. The molecule has 0 aliphatic heterocycles. The van der Waals surface area contributed by atoms with E-state index < -0.39 is 28.7 Å².